The van der Waals surface area contributed by atoms with Crippen LogP contribution < -0.4 is 0 Å². The average molecular weight is 344 g/mol. The molecule has 2 aromatic carbocycles. The molecule has 26 heavy (non-hydrogen) atoms. The van der Waals surface area contributed by atoms with Crippen LogP contribution in [0.15, 0.2) is 48.5 Å². The van der Waals surface area contributed by atoms with Gasteiger partial charge in [0.1, 0.15) is 0 Å². The molecule has 0 bridgehead atoms. The molecule has 3 nitrogen and oxygen atoms in total. The maximum Gasteiger partial charge on any atom is 0.175 e. The highest BCUT2D eigenvalue weighted by Gasteiger charge is 2.90. The maximum atomic E-state index is 13.5. The van der Waals surface area contributed by atoms with Gasteiger partial charge in [-0.1, -0.05) is 55.5 Å². The lowest BCUT2D eigenvalue weighted by Crippen LogP contribution is -2.40. The van der Waals surface area contributed by atoms with E-state index in [9.17, 15) is 9.59 Å². The fraction of sp³-hybridized carbons (Fsp3) is 0.391. The molecule has 0 radical (unpaired) electrons. The fourth-order valence-corrected chi connectivity index (χ4v) is 6.34. The zero-order valence-corrected chi connectivity index (χ0v) is 14.9. The van der Waals surface area contributed by atoms with E-state index in [-0.39, 0.29) is 17.5 Å². The van der Waals surface area contributed by atoms with Crippen LogP contribution in [0.3, 0.4) is 0 Å². The second kappa shape index (κ2) is 4.17. The maximum absolute atomic E-state index is 13.5. The second-order valence-corrected chi connectivity index (χ2v) is 8.59. The predicted molar refractivity (Wildman–Crippen MR) is 96.0 cm³/mol. The van der Waals surface area contributed by atoms with Crippen LogP contribution in [0.25, 0.3) is 0 Å². The molecule has 1 aliphatic heterocycles. The molecule has 3 aliphatic carbocycles. The number of aryl methyl sites for hydroxylation is 2. The summed E-state index contributed by atoms with van der Waals surface area (Å²) in [5, 5.41) is 0. The third-order valence-electron chi connectivity index (χ3n) is 7.57. The molecule has 0 amide bonds. The number of carbonyl (C=O) groups is 2. The predicted octanol–water partition coefficient (Wildman–Crippen LogP) is 3.02. The van der Waals surface area contributed by atoms with E-state index in [0.717, 1.165) is 12.8 Å². The Labute approximate surface area is 152 Å². The number of Topliss-reactive ketones (excluding diaryl/α,β-unsaturated/α-hetero) is 2. The van der Waals surface area contributed by atoms with E-state index in [1.165, 1.54) is 22.3 Å². The molecule has 4 aliphatic rings. The molecule has 3 heteroatoms. The number of hydrogen-bond donors (Lipinski definition) is 0. The van der Waals surface area contributed by atoms with Gasteiger partial charge >= 0.3 is 0 Å². The van der Waals surface area contributed by atoms with Gasteiger partial charge in [0.15, 0.2) is 23.3 Å². The van der Waals surface area contributed by atoms with Crippen LogP contribution in [0.2, 0.25) is 0 Å². The SMILES string of the molecule is C[C@]12O[C@H]1C(=O)C1C3(c4ccccc4CCc4ccccc43)[C@]1(C)C2=O. The van der Waals surface area contributed by atoms with Gasteiger partial charge in [-0.2, -0.15) is 0 Å². The van der Waals surface area contributed by atoms with Crippen molar-refractivity contribution < 1.29 is 14.3 Å². The van der Waals surface area contributed by atoms with Crippen molar-refractivity contribution in [1.82, 2.24) is 0 Å². The quantitative estimate of drug-likeness (QED) is 0.690. The first-order valence-electron chi connectivity index (χ1n) is 9.40. The average Bonchev–Trinajstić information content (AvgIpc) is 3.52. The zero-order valence-electron chi connectivity index (χ0n) is 14.9. The van der Waals surface area contributed by atoms with Gasteiger partial charge in [-0.3, -0.25) is 9.59 Å². The largest absolute Gasteiger partial charge is 0.350 e. The van der Waals surface area contributed by atoms with Crippen molar-refractivity contribution in [2.45, 2.75) is 43.8 Å². The summed E-state index contributed by atoms with van der Waals surface area (Å²) in [6.45, 7) is 3.79. The standard InChI is InChI=1S/C23H20O3/c1-21-18(17(24)19-22(2,26-19)20(21)25)23(21)15-9-5-3-7-13(15)11-12-14-8-4-6-10-16(14)23/h3-10,18-19H,11-12H2,1-2H3/t18?,19-,21-,22-/m0/s1. The Morgan fingerprint density at radius 1 is 0.885 bits per heavy atom. The zero-order chi connectivity index (χ0) is 17.9. The summed E-state index contributed by atoms with van der Waals surface area (Å²) in [5.74, 6) is -0.101. The van der Waals surface area contributed by atoms with E-state index in [0.29, 0.717) is 0 Å². The van der Waals surface area contributed by atoms with Crippen molar-refractivity contribution in [3.8, 4) is 0 Å². The molecule has 1 spiro atoms. The van der Waals surface area contributed by atoms with E-state index < -0.39 is 22.5 Å². The molecule has 130 valence electrons. The Morgan fingerprint density at radius 3 is 2.00 bits per heavy atom. The van der Waals surface area contributed by atoms with Crippen molar-refractivity contribution in [3.05, 3.63) is 70.8 Å². The molecule has 1 saturated heterocycles. The first kappa shape index (κ1) is 14.9. The lowest BCUT2D eigenvalue weighted by Gasteiger charge is -2.26. The highest BCUT2D eigenvalue weighted by Crippen LogP contribution is 2.79. The smallest absolute Gasteiger partial charge is 0.175 e. The number of epoxide rings is 1. The summed E-state index contributed by atoms with van der Waals surface area (Å²) in [7, 11) is 0. The summed E-state index contributed by atoms with van der Waals surface area (Å²) in [6.07, 6.45) is 1.34. The van der Waals surface area contributed by atoms with Gasteiger partial charge < -0.3 is 4.74 Å². The van der Waals surface area contributed by atoms with Crippen molar-refractivity contribution in [2.24, 2.45) is 11.3 Å². The molecule has 1 unspecified atom stereocenters. The summed E-state index contributed by atoms with van der Waals surface area (Å²) < 4.78 is 5.60. The monoisotopic (exact) mass is 344 g/mol. The van der Waals surface area contributed by atoms with Crippen LogP contribution in [0, 0.1) is 11.3 Å². The normalized spacial score (nSPS) is 37.9. The number of ketones is 2. The van der Waals surface area contributed by atoms with Gasteiger partial charge in [0.2, 0.25) is 0 Å². The van der Waals surface area contributed by atoms with Crippen molar-refractivity contribution in [2.75, 3.05) is 0 Å². The molecular formula is C23H20O3. The van der Waals surface area contributed by atoms with Gasteiger partial charge in [-0.25, -0.2) is 0 Å². The molecule has 3 fully saturated rings. The molecule has 1 heterocycles. The number of carbonyl (C=O) groups excluding carboxylic acids is 2. The Balaban J connectivity index is 1.71. The van der Waals surface area contributed by atoms with Crippen LogP contribution in [0.5, 0.6) is 0 Å². The number of hydrogen-bond acceptors (Lipinski definition) is 3. The number of ether oxygens (including phenoxy) is 1. The molecule has 0 aromatic heterocycles. The highest BCUT2D eigenvalue weighted by atomic mass is 16.6. The minimum atomic E-state index is -0.915. The third kappa shape index (κ3) is 1.30. The molecule has 6 rings (SSSR count). The van der Waals surface area contributed by atoms with Gasteiger partial charge in [0.05, 0.1) is 5.41 Å². The first-order valence-corrected chi connectivity index (χ1v) is 9.40. The van der Waals surface area contributed by atoms with Gasteiger partial charge in [0.25, 0.3) is 0 Å². The Kier molecular flexibility index (Phi) is 2.39. The van der Waals surface area contributed by atoms with Crippen molar-refractivity contribution in [1.29, 1.82) is 0 Å². The van der Waals surface area contributed by atoms with Crippen LogP contribution in [0.1, 0.15) is 36.1 Å². The van der Waals surface area contributed by atoms with Crippen LogP contribution >= 0.6 is 0 Å². The minimum absolute atomic E-state index is 0.103. The van der Waals surface area contributed by atoms with Gasteiger partial charge in [-0.15, -0.1) is 0 Å². The van der Waals surface area contributed by atoms with Gasteiger partial charge in [-0.05, 0) is 42.0 Å². The van der Waals surface area contributed by atoms with Crippen LogP contribution in [-0.2, 0) is 32.6 Å². The van der Waals surface area contributed by atoms with E-state index in [2.05, 4.69) is 36.4 Å². The van der Waals surface area contributed by atoms with Crippen molar-refractivity contribution in [3.63, 3.8) is 0 Å². The fourth-order valence-electron chi connectivity index (χ4n) is 6.34. The summed E-state index contributed by atoms with van der Waals surface area (Å²) in [4.78, 5) is 26.8. The Bertz CT molecular complexity index is 974. The van der Waals surface area contributed by atoms with E-state index in [4.69, 9.17) is 4.74 Å². The van der Waals surface area contributed by atoms with E-state index >= 15 is 0 Å². The highest BCUT2D eigenvalue weighted by molar-refractivity contribution is 6.17. The molecule has 2 saturated carbocycles. The van der Waals surface area contributed by atoms with E-state index in [1.807, 2.05) is 19.1 Å². The lowest BCUT2D eigenvalue weighted by atomic mass is 9.75. The topological polar surface area (TPSA) is 46.7 Å². The summed E-state index contributed by atoms with van der Waals surface area (Å²) >= 11 is 0. The Morgan fingerprint density at radius 2 is 1.42 bits per heavy atom. The first-order chi connectivity index (χ1) is 12.5. The molecule has 0 N–H and O–H groups in total. The second-order valence-electron chi connectivity index (χ2n) is 8.59. The third-order valence-corrected chi connectivity index (χ3v) is 7.57. The van der Waals surface area contributed by atoms with Crippen LogP contribution in [-0.4, -0.2) is 23.3 Å². The van der Waals surface area contributed by atoms with Gasteiger partial charge in [0, 0.05) is 11.3 Å². The summed E-state index contributed by atoms with van der Waals surface area (Å²) in [6, 6.07) is 16.8. The molecule has 2 aromatic rings. The van der Waals surface area contributed by atoms with Crippen LogP contribution in [0.4, 0.5) is 0 Å². The number of fused-ring (bicyclic) bond motifs is 8. The number of rotatable bonds is 0. The van der Waals surface area contributed by atoms with E-state index in [1.54, 1.807) is 6.92 Å². The lowest BCUT2D eigenvalue weighted by molar-refractivity contribution is -0.133. The molecule has 4 atom stereocenters. The Hall–Kier alpha value is -2.26. The minimum Gasteiger partial charge on any atom is -0.350 e. The number of benzene rings is 2. The van der Waals surface area contributed by atoms with Crippen molar-refractivity contribution >= 4 is 11.6 Å². The molecular weight excluding hydrogens is 324 g/mol. The summed E-state index contributed by atoms with van der Waals surface area (Å²) in [5.41, 5.74) is 2.70.